The highest BCUT2D eigenvalue weighted by molar-refractivity contribution is 5.64. The van der Waals surface area contributed by atoms with Crippen LogP contribution in [0, 0.1) is 0 Å². The van der Waals surface area contributed by atoms with E-state index in [0.717, 1.165) is 31.1 Å². The van der Waals surface area contributed by atoms with E-state index >= 15 is 0 Å². The minimum absolute atomic E-state index is 0.766. The van der Waals surface area contributed by atoms with Gasteiger partial charge >= 0.3 is 0 Å². The molecule has 0 aliphatic carbocycles. The first kappa shape index (κ1) is 14.5. The van der Waals surface area contributed by atoms with Crippen molar-refractivity contribution in [1.29, 1.82) is 0 Å². The van der Waals surface area contributed by atoms with Crippen molar-refractivity contribution in [3.05, 3.63) is 18.2 Å². The number of anilines is 2. The van der Waals surface area contributed by atoms with Gasteiger partial charge in [0.15, 0.2) is 0 Å². The standard InChI is InChI=1S/C17H28N3O/c1-20(10-3-2-4-11-20)12-5-8-19-9-13-21-17-14-15(18)6-7-16(17)19/h6-7,14H,2-5,8-13,18H2,1H3/q+1. The van der Waals surface area contributed by atoms with Crippen LogP contribution in [0.5, 0.6) is 5.75 Å². The van der Waals surface area contributed by atoms with Gasteiger partial charge in [-0.25, -0.2) is 0 Å². The third-order valence-electron chi connectivity index (χ3n) is 4.97. The minimum Gasteiger partial charge on any atom is -0.489 e. The van der Waals surface area contributed by atoms with E-state index in [1.54, 1.807) is 0 Å². The zero-order valence-electron chi connectivity index (χ0n) is 13.2. The van der Waals surface area contributed by atoms with Gasteiger partial charge in [0.1, 0.15) is 12.4 Å². The molecular formula is C17H28N3O+. The van der Waals surface area contributed by atoms with Gasteiger partial charge in [-0.05, 0) is 31.4 Å². The number of hydrogen-bond acceptors (Lipinski definition) is 3. The molecule has 0 radical (unpaired) electrons. The maximum absolute atomic E-state index is 5.84. The maximum Gasteiger partial charge on any atom is 0.144 e. The fraction of sp³-hybridized carbons (Fsp3) is 0.647. The van der Waals surface area contributed by atoms with Gasteiger partial charge in [-0.3, -0.25) is 0 Å². The van der Waals surface area contributed by atoms with Crippen LogP contribution < -0.4 is 15.4 Å². The Bertz CT molecular complexity index is 483. The number of quaternary nitrogens is 1. The molecule has 2 heterocycles. The quantitative estimate of drug-likeness (QED) is 0.684. The number of hydrogen-bond donors (Lipinski definition) is 1. The lowest BCUT2D eigenvalue weighted by Gasteiger charge is -2.39. The Morgan fingerprint density at radius 1 is 1.24 bits per heavy atom. The summed E-state index contributed by atoms with van der Waals surface area (Å²) in [6.45, 7) is 6.88. The number of nitrogens with zero attached hydrogens (tertiary/aromatic N) is 2. The maximum atomic E-state index is 5.84. The summed E-state index contributed by atoms with van der Waals surface area (Å²) in [6.07, 6.45) is 5.47. The number of fused-ring (bicyclic) bond motifs is 1. The van der Waals surface area contributed by atoms with Crippen molar-refractivity contribution in [3.63, 3.8) is 0 Å². The Morgan fingerprint density at radius 3 is 2.86 bits per heavy atom. The molecule has 4 heteroatoms. The highest BCUT2D eigenvalue weighted by Gasteiger charge is 2.25. The highest BCUT2D eigenvalue weighted by Crippen LogP contribution is 2.33. The molecule has 3 rings (SSSR count). The lowest BCUT2D eigenvalue weighted by atomic mass is 10.1. The number of ether oxygens (including phenoxy) is 1. The second kappa shape index (κ2) is 6.14. The Hall–Kier alpha value is -1.42. The molecule has 4 nitrogen and oxygen atoms in total. The number of nitrogen functional groups attached to an aromatic ring is 1. The van der Waals surface area contributed by atoms with Gasteiger partial charge in [-0.15, -0.1) is 0 Å². The molecule has 0 atom stereocenters. The fourth-order valence-electron chi connectivity index (χ4n) is 3.67. The van der Waals surface area contributed by atoms with Crippen molar-refractivity contribution in [1.82, 2.24) is 0 Å². The molecule has 2 aliphatic heterocycles. The van der Waals surface area contributed by atoms with Crippen molar-refractivity contribution in [2.45, 2.75) is 25.7 Å². The second-order valence-corrected chi connectivity index (χ2v) is 6.77. The van der Waals surface area contributed by atoms with E-state index in [0.29, 0.717) is 0 Å². The van der Waals surface area contributed by atoms with Crippen molar-refractivity contribution in [2.75, 3.05) is 57.0 Å². The van der Waals surface area contributed by atoms with Crippen molar-refractivity contribution < 1.29 is 9.22 Å². The van der Waals surface area contributed by atoms with E-state index in [9.17, 15) is 0 Å². The summed E-state index contributed by atoms with van der Waals surface area (Å²) in [4.78, 5) is 2.45. The number of piperidine rings is 1. The van der Waals surface area contributed by atoms with Crippen molar-refractivity contribution >= 4 is 11.4 Å². The summed E-state index contributed by atoms with van der Waals surface area (Å²) in [5.41, 5.74) is 7.83. The van der Waals surface area contributed by atoms with Crippen LogP contribution in [-0.2, 0) is 0 Å². The molecule has 0 amide bonds. The van der Waals surface area contributed by atoms with Crippen molar-refractivity contribution in [3.8, 4) is 5.75 Å². The van der Waals surface area contributed by atoms with Gasteiger partial charge in [-0.1, -0.05) is 0 Å². The first-order chi connectivity index (χ1) is 10.2. The predicted octanol–water partition coefficient (Wildman–Crippen LogP) is 2.49. The third kappa shape index (κ3) is 3.43. The van der Waals surface area contributed by atoms with Gasteiger partial charge < -0.3 is 19.9 Å². The zero-order valence-corrected chi connectivity index (χ0v) is 13.2. The van der Waals surface area contributed by atoms with Gasteiger partial charge in [-0.2, -0.15) is 0 Å². The van der Waals surface area contributed by atoms with Crippen LogP contribution in [0.4, 0.5) is 11.4 Å². The molecule has 116 valence electrons. The predicted molar refractivity (Wildman–Crippen MR) is 87.8 cm³/mol. The van der Waals surface area contributed by atoms with Crippen LogP contribution in [0.2, 0.25) is 0 Å². The number of nitrogens with two attached hydrogens (primary N) is 1. The lowest BCUT2D eigenvalue weighted by Crippen LogP contribution is -2.49. The summed E-state index contributed by atoms with van der Waals surface area (Å²) >= 11 is 0. The average molecular weight is 290 g/mol. The molecule has 1 saturated heterocycles. The summed E-state index contributed by atoms with van der Waals surface area (Å²) in [7, 11) is 2.42. The Morgan fingerprint density at radius 2 is 2.05 bits per heavy atom. The Balaban J connectivity index is 1.57. The number of likely N-dealkylation sites (tertiary alicyclic amines) is 1. The van der Waals surface area contributed by atoms with E-state index in [-0.39, 0.29) is 0 Å². The topological polar surface area (TPSA) is 38.5 Å². The molecule has 1 aromatic carbocycles. The smallest absolute Gasteiger partial charge is 0.144 e. The molecule has 0 aromatic heterocycles. The molecule has 21 heavy (non-hydrogen) atoms. The van der Waals surface area contributed by atoms with Crippen LogP contribution in [-0.4, -0.2) is 50.9 Å². The molecule has 2 aliphatic rings. The fourth-order valence-corrected chi connectivity index (χ4v) is 3.67. The van der Waals surface area contributed by atoms with Crippen LogP contribution in [0.25, 0.3) is 0 Å². The van der Waals surface area contributed by atoms with E-state index in [2.05, 4.69) is 18.0 Å². The first-order valence-electron chi connectivity index (χ1n) is 8.27. The van der Waals surface area contributed by atoms with Crippen LogP contribution in [0.15, 0.2) is 18.2 Å². The Kier molecular flexibility index (Phi) is 4.24. The second-order valence-electron chi connectivity index (χ2n) is 6.77. The summed E-state index contributed by atoms with van der Waals surface area (Å²) < 4.78 is 6.99. The number of rotatable bonds is 4. The summed E-state index contributed by atoms with van der Waals surface area (Å²) in [5.74, 6) is 0.944. The lowest BCUT2D eigenvalue weighted by molar-refractivity contribution is -0.914. The molecule has 0 saturated carbocycles. The third-order valence-corrected chi connectivity index (χ3v) is 4.97. The number of benzene rings is 1. The summed E-state index contributed by atoms with van der Waals surface area (Å²) in [5, 5.41) is 0. The SMILES string of the molecule is C[N+]1(CCCN2CCOc3cc(N)ccc32)CCCCC1. The monoisotopic (exact) mass is 290 g/mol. The highest BCUT2D eigenvalue weighted by atomic mass is 16.5. The van der Waals surface area contributed by atoms with Crippen LogP contribution in [0.3, 0.4) is 0 Å². The first-order valence-corrected chi connectivity index (χ1v) is 8.27. The van der Waals surface area contributed by atoms with E-state index in [1.165, 1.54) is 55.5 Å². The van der Waals surface area contributed by atoms with E-state index < -0.39 is 0 Å². The summed E-state index contributed by atoms with van der Waals surface area (Å²) in [6, 6.07) is 6.01. The molecule has 0 bridgehead atoms. The normalized spacial score (nSPS) is 20.7. The molecule has 1 aromatic rings. The van der Waals surface area contributed by atoms with Crippen LogP contribution >= 0.6 is 0 Å². The Labute approximate surface area is 128 Å². The molecular weight excluding hydrogens is 262 g/mol. The average Bonchev–Trinajstić information content (AvgIpc) is 2.47. The van der Waals surface area contributed by atoms with Crippen LogP contribution in [0.1, 0.15) is 25.7 Å². The van der Waals surface area contributed by atoms with Gasteiger partial charge in [0.2, 0.25) is 0 Å². The van der Waals surface area contributed by atoms with E-state index in [1.807, 2.05) is 12.1 Å². The largest absolute Gasteiger partial charge is 0.489 e. The van der Waals surface area contributed by atoms with E-state index in [4.69, 9.17) is 10.5 Å². The molecule has 0 unspecified atom stereocenters. The molecule has 1 fully saturated rings. The molecule has 0 spiro atoms. The van der Waals surface area contributed by atoms with Crippen molar-refractivity contribution in [2.24, 2.45) is 0 Å². The van der Waals surface area contributed by atoms with Gasteiger partial charge in [0.25, 0.3) is 0 Å². The van der Waals surface area contributed by atoms with Gasteiger partial charge in [0, 0.05) is 24.7 Å². The van der Waals surface area contributed by atoms with Gasteiger partial charge in [0.05, 0.1) is 38.9 Å². The minimum atomic E-state index is 0.766. The molecule has 2 N–H and O–H groups in total. The zero-order chi connectivity index (χ0) is 14.7.